The number of nitrogens with zero attached hydrogens (tertiary/aromatic N) is 1. The van der Waals surface area contributed by atoms with Crippen LogP contribution in [0.15, 0.2) is 73.3 Å². The van der Waals surface area contributed by atoms with Crippen LogP contribution >= 0.6 is 0 Å². The van der Waals surface area contributed by atoms with E-state index in [9.17, 15) is 0 Å². The number of hydrogen-bond donors (Lipinski definition) is 0. The van der Waals surface area contributed by atoms with Gasteiger partial charge in [0.1, 0.15) is 0 Å². The summed E-state index contributed by atoms with van der Waals surface area (Å²) in [5, 5.41) is 5.42. The van der Waals surface area contributed by atoms with Gasteiger partial charge in [-0.05, 0) is 42.2 Å². The van der Waals surface area contributed by atoms with Crippen LogP contribution in [0.25, 0.3) is 32.6 Å². The van der Waals surface area contributed by atoms with Crippen LogP contribution in [0, 0.1) is 0 Å². The molecule has 0 saturated carbocycles. The van der Waals surface area contributed by atoms with E-state index in [2.05, 4.69) is 71.8 Å². The maximum Gasteiger partial charge on any atom is 0.0497 e. The normalized spacial score (nSPS) is 11.5. The van der Waals surface area contributed by atoms with Crippen LogP contribution in [-0.2, 0) is 6.54 Å². The lowest BCUT2D eigenvalue weighted by molar-refractivity contribution is 0.643. The summed E-state index contributed by atoms with van der Waals surface area (Å²) in [6.07, 6.45) is 5.50. The Morgan fingerprint density at radius 3 is 2.43 bits per heavy atom. The lowest BCUT2D eigenvalue weighted by Crippen LogP contribution is -1.97. The molecule has 0 atom stereocenters. The van der Waals surface area contributed by atoms with Crippen molar-refractivity contribution < 1.29 is 0 Å². The van der Waals surface area contributed by atoms with Crippen LogP contribution < -0.4 is 0 Å². The number of unbranched alkanes of at least 4 members (excludes halogenated alkanes) is 2. The summed E-state index contributed by atoms with van der Waals surface area (Å²) in [7, 11) is 0. The maximum absolute atomic E-state index is 3.82. The van der Waals surface area contributed by atoms with Gasteiger partial charge < -0.3 is 4.57 Å². The number of rotatable bonds is 5. The zero-order valence-electron chi connectivity index (χ0n) is 13.3. The first-order valence-electron chi connectivity index (χ1n) is 8.40. The van der Waals surface area contributed by atoms with Gasteiger partial charge in [-0.25, -0.2) is 0 Å². The van der Waals surface area contributed by atoms with Gasteiger partial charge >= 0.3 is 0 Å². The van der Waals surface area contributed by atoms with Crippen molar-refractivity contribution in [1.82, 2.24) is 4.57 Å². The predicted octanol–water partition coefficient (Wildman–Crippen LogP) is 6.30. The van der Waals surface area contributed by atoms with Gasteiger partial charge in [0.15, 0.2) is 0 Å². The van der Waals surface area contributed by atoms with Crippen molar-refractivity contribution >= 4 is 32.6 Å². The molecular formula is C22H21N. The Kier molecular flexibility index (Phi) is 3.63. The monoisotopic (exact) mass is 299 g/mol. The van der Waals surface area contributed by atoms with Crippen molar-refractivity contribution in [3.8, 4) is 0 Å². The largest absolute Gasteiger partial charge is 0.340 e. The molecule has 0 saturated heterocycles. The Labute approximate surface area is 136 Å². The molecule has 0 N–H and O–H groups in total. The molecular weight excluding hydrogens is 278 g/mol. The summed E-state index contributed by atoms with van der Waals surface area (Å²) in [5.74, 6) is 0. The molecule has 0 aliphatic heterocycles. The second-order valence-corrected chi connectivity index (χ2v) is 6.13. The molecule has 114 valence electrons. The SMILES string of the molecule is C=CCCCCn1c2ccccc2c2c3ccccc3ccc21. The molecule has 0 aliphatic carbocycles. The lowest BCUT2D eigenvalue weighted by Gasteiger charge is -2.07. The fourth-order valence-electron chi connectivity index (χ4n) is 3.62. The highest BCUT2D eigenvalue weighted by molar-refractivity contribution is 6.20. The fraction of sp³-hybridized carbons (Fsp3) is 0.182. The number of para-hydroxylation sites is 1. The molecule has 0 aliphatic rings. The summed E-state index contributed by atoms with van der Waals surface area (Å²) in [4.78, 5) is 0. The van der Waals surface area contributed by atoms with Crippen LogP contribution in [0.4, 0.5) is 0 Å². The average Bonchev–Trinajstić information content (AvgIpc) is 2.93. The summed E-state index contributed by atoms with van der Waals surface area (Å²) < 4.78 is 2.49. The molecule has 0 amide bonds. The zero-order chi connectivity index (χ0) is 15.6. The van der Waals surface area contributed by atoms with E-state index in [1.807, 2.05) is 6.08 Å². The van der Waals surface area contributed by atoms with Crippen molar-refractivity contribution in [2.45, 2.75) is 25.8 Å². The third kappa shape index (κ3) is 2.33. The number of allylic oxidation sites excluding steroid dienone is 1. The van der Waals surface area contributed by atoms with Gasteiger partial charge in [-0.15, -0.1) is 6.58 Å². The van der Waals surface area contributed by atoms with Crippen LogP contribution in [0.3, 0.4) is 0 Å². The fourth-order valence-corrected chi connectivity index (χ4v) is 3.62. The zero-order valence-corrected chi connectivity index (χ0v) is 13.3. The van der Waals surface area contributed by atoms with Crippen molar-refractivity contribution in [2.24, 2.45) is 0 Å². The molecule has 0 bridgehead atoms. The topological polar surface area (TPSA) is 4.93 Å². The standard InChI is InChI=1S/C22H21N/c1-2-3-4-9-16-23-20-13-8-7-12-19(20)22-18-11-6-5-10-17(18)14-15-21(22)23/h2,5-8,10-15H,1,3-4,9,16H2. The molecule has 0 radical (unpaired) electrons. The Bertz CT molecular complexity index is 991. The highest BCUT2D eigenvalue weighted by atomic mass is 15.0. The number of aromatic nitrogens is 1. The van der Waals surface area contributed by atoms with E-state index >= 15 is 0 Å². The van der Waals surface area contributed by atoms with Crippen molar-refractivity contribution in [1.29, 1.82) is 0 Å². The average molecular weight is 299 g/mol. The van der Waals surface area contributed by atoms with Gasteiger partial charge in [0.2, 0.25) is 0 Å². The Morgan fingerprint density at radius 1 is 0.783 bits per heavy atom. The molecule has 4 rings (SSSR count). The first-order valence-corrected chi connectivity index (χ1v) is 8.40. The number of fused-ring (bicyclic) bond motifs is 5. The van der Waals surface area contributed by atoms with Crippen LogP contribution in [0.5, 0.6) is 0 Å². The quantitative estimate of drug-likeness (QED) is 0.301. The molecule has 4 aromatic rings. The van der Waals surface area contributed by atoms with Crippen LogP contribution in [-0.4, -0.2) is 4.57 Å². The minimum Gasteiger partial charge on any atom is -0.340 e. The maximum atomic E-state index is 3.82. The van der Waals surface area contributed by atoms with E-state index in [-0.39, 0.29) is 0 Å². The lowest BCUT2D eigenvalue weighted by atomic mass is 10.0. The van der Waals surface area contributed by atoms with Gasteiger partial charge in [-0.2, -0.15) is 0 Å². The molecule has 1 heterocycles. The third-order valence-electron chi connectivity index (χ3n) is 4.70. The molecule has 1 nitrogen and oxygen atoms in total. The summed E-state index contributed by atoms with van der Waals surface area (Å²) >= 11 is 0. The van der Waals surface area contributed by atoms with E-state index in [4.69, 9.17) is 0 Å². The van der Waals surface area contributed by atoms with E-state index in [0.717, 1.165) is 13.0 Å². The first kappa shape index (κ1) is 14.1. The smallest absolute Gasteiger partial charge is 0.0497 e. The minimum atomic E-state index is 1.07. The van der Waals surface area contributed by atoms with Gasteiger partial charge in [-0.3, -0.25) is 0 Å². The van der Waals surface area contributed by atoms with Gasteiger partial charge in [-0.1, -0.05) is 54.6 Å². The number of benzene rings is 3. The Hall–Kier alpha value is -2.54. The van der Waals surface area contributed by atoms with E-state index < -0.39 is 0 Å². The van der Waals surface area contributed by atoms with Crippen molar-refractivity contribution in [2.75, 3.05) is 0 Å². The second-order valence-electron chi connectivity index (χ2n) is 6.13. The summed E-state index contributed by atoms with van der Waals surface area (Å²) in [6.45, 7) is 4.89. The Balaban J connectivity index is 1.96. The van der Waals surface area contributed by atoms with Gasteiger partial charge in [0.05, 0.1) is 0 Å². The second kappa shape index (κ2) is 5.92. The van der Waals surface area contributed by atoms with Gasteiger partial charge in [0.25, 0.3) is 0 Å². The highest BCUT2D eigenvalue weighted by Gasteiger charge is 2.12. The molecule has 0 fully saturated rings. The van der Waals surface area contributed by atoms with E-state index in [1.165, 1.54) is 45.4 Å². The Morgan fingerprint density at radius 2 is 1.57 bits per heavy atom. The van der Waals surface area contributed by atoms with E-state index in [1.54, 1.807) is 0 Å². The van der Waals surface area contributed by atoms with Gasteiger partial charge in [0, 0.05) is 28.4 Å². The van der Waals surface area contributed by atoms with Crippen molar-refractivity contribution in [3.05, 3.63) is 73.3 Å². The molecule has 0 unspecified atom stereocenters. The number of hydrogen-bond acceptors (Lipinski definition) is 0. The molecule has 0 spiro atoms. The number of aryl methyl sites for hydroxylation is 1. The molecule has 23 heavy (non-hydrogen) atoms. The highest BCUT2D eigenvalue weighted by Crippen LogP contribution is 2.34. The first-order chi connectivity index (χ1) is 11.4. The van der Waals surface area contributed by atoms with Crippen molar-refractivity contribution in [3.63, 3.8) is 0 Å². The molecule has 3 aromatic carbocycles. The minimum absolute atomic E-state index is 1.07. The molecule has 1 aromatic heterocycles. The van der Waals surface area contributed by atoms with Crippen LogP contribution in [0.1, 0.15) is 19.3 Å². The summed E-state index contributed by atoms with van der Waals surface area (Å²) in [5.41, 5.74) is 2.70. The third-order valence-corrected chi connectivity index (χ3v) is 4.70. The molecule has 1 heteroatoms. The van der Waals surface area contributed by atoms with Crippen LogP contribution in [0.2, 0.25) is 0 Å². The predicted molar refractivity (Wildman–Crippen MR) is 101 cm³/mol. The van der Waals surface area contributed by atoms with E-state index in [0.29, 0.717) is 0 Å². The summed E-state index contributed by atoms with van der Waals surface area (Å²) in [6, 6.07) is 22.0.